The van der Waals surface area contributed by atoms with E-state index in [1.807, 2.05) is 32.9 Å². The molecular formula is C24H24FNO3S. The molecule has 0 bridgehead atoms. The maximum absolute atomic E-state index is 13.3. The molecule has 0 spiro atoms. The number of hydrogen-bond acceptors (Lipinski definition) is 5. The highest BCUT2D eigenvalue weighted by Crippen LogP contribution is 2.39. The van der Waals surface area contributed by atoms with Crippen LogP contribution in [-0.4, -0.2) is 11.0 Å². The van der Waals surface area contributed by atoms with Gasteiger partial charge in [-0.3, -0.25) is 9.59 Å². The van der Waals surface area contributed by atoms with E-state index in [9.17, 15) is 14.0 Å². The fourth-order valence-electron chi connectivity index (χ4n) is 3.21. The summed E-state index contributed by atoms with van der Waals surface area (Å²) in [6.07, 6.45) is 0. The summed E-state index contributed by atoms with van der Waals surface area (Å²) in [5.41, 5.74) is 3.23. The van der Waals surface area contributed by atoms with Gasteiger partial charge in [0, 0.05) is 5.56 Å². The molecule has 1 heterocycles. The first-order chi connectivity index (χ1) is 14.0. The second-order valence-electron chi connectivity index (χ2n) is 8.41. The minimum Gasteiger partial charge on any atom is -0.414 e. The number of ether oxygens (including phenoxy) is 1. The van der Waals surface area contributed by atoms with Crippen molar-refractivity contribution in [1.29, 1.82) is 0 Å². The van der Waals surface area contributed by atoms with E-state index < -0.39 is 16.9 Å². The van der Waals surface area contributed by atoms with Crippen LogP contribution in [0.4, 0.5) is 4.39 Å². The van der Waals surface area contributed by atoms with E-state index in [0.29, 0.717) is 10.6 Å². The maximum Gasteiger partial charge on any atom is 0.317 e. The van der Waals surface area contributed by atoms with Gasteiger partial charge in [0.15, 0.2) is 5.06 Å². The van der Waals surface area contributed by atoms with Gasteiger partial charge in [0.2, 0.25) is 0 Å². The zero-order valence-electron chi connectivity index (χ0n) is 17.9. The number of carbonyl (C=O) groups is 1. The Morgan fingerprint density at radius 3 is 2.10 bits per heavy atom. The zero-order chi connectivity index (χ0) is 22.2. The van der Waals surface area contributed by atoms with Crippen LogP contribution in [0.3, 0.4) is 0 Å². The Kier molecular flexibility index (Phi) is 5.90. The molecule has 0 fully saturated rings. The summed E-state index contributed by atoms with van der Waals surface area (Å²) in [5, 5.41) is 0.562. The van der Waals surface area contributed by atoms with Gasteiger partial charge in [-0.05, 0) is 82.5 Å². The third kappa shape index (κ3) is 4.49. The van der Waals surface area contributed by atoms with Gasteiger partial charge in [-0.1, -0.05) is 29.0 Å². The quantitative estimate of drug-likeness (QED) is 0.494. The standard InChI is InChI=1S/C24H24FNO3S/c1-13-11-14(2)18(15(3)12-13)19-20(27)26-21(16-7-9-17(25)10-8-16)30-22(19)29-23(28)24(4,5)6/h7-12H,1-6H3. The van der Waals surface area contributed by atoms with Crippen LogP contribution in [0.25, 0.3) is 21.7 Å². The minimum absolute atomic E-state index is 0.198. The van der Waals surface area contributed by atoms with E-state index in [0.717, 1.165) is 33.6 Å². The molecule has 0 saturated carbocycles. The first-order valence-corrected chi connectivity index (χ1v) is 10.4. The Morgan fingerprint density at radius 1 is 1.00 bits per heavy atom. The number of rotatable bonds is 3. The van der Waals surface area contributed by atoms with Crippen molar-refractivity contribution in [3.8, 4) is 26.8 Å². The first kappa shape index (κ1) is 21.8. The molecule has 1 aromatic heterocycles. The van der Waals surface area contributed by atoms with Crippen LogP contribution in [0.15, 0.2) is 41.2 Å². The number of aromatic nitrogens is 1. The molecule has 0 saturated heterocycles. The third-order valence-corrected chi connectivity index (χ3v) is 5.62. The van der Waals surface area contributed by atoms with E-state index in [2.05, 4.69) is 4.98 Å². The molecule has 6 heteroatoms. The molecule has 0 aliphatic heterocycles. The molecule has 2 aromatic carbocycles. The van der Waals surface area contributed by atoms with E-state index in [1.54, 1.807) is 32.9 Å². The molecule has 0 radical (unpaired) electrons. The number of esters is 1. The van der Waals surface area contributed by atoms with Crippen LogP contribution in [-0.2, 0) is 4.79 Å². The highest BCUT2D eigenvalue weighted by Gasteiger charge is 2.28. The topological polar surface area (TPSA) is 56.3 Å². The number of halogens is 1. The van der Waals surface area contributed by atoms with Crippen molar-refractivity contribution in [3.63, 3.8) is 0 Å². The molecule has 3 rings (SSSR count). The van der Waals surface area contributed by atoms with E-state index >= 15 is 0 Å². The van der Waals surface area contributed by atoms with Crippen molar-refractivity contribution in [1.82, 2.24) is 4.98 Å². The van der Waals surface area contributed by atoms with Gasteiger partial charge in [-0.15, -0.1) is 0 Å². The molecule has 4 nitrogen and oxygen atoms in total. The molecule has 0 N–H and O–H groups in total. The summed E-state index contributed by atoms with van der Waals surface area (Å²) >= 11 is 1.11. The van der Waals surface area contributed by atoms with E-state index in [1.165, 1.54) is 12.1 Å². The molecule has 0 aliphatic carbocycles. The normalized spacial score (nSPS) is 11.4. The SMILES string of the molecule is Cc1cc(C)c(-c2c(OC(=O)C(C)(C)C)sc(-c3ccc(F)cc3)nc2=O)c(C)c1. The molecule has 0 aliphatic rings. The average molecular weight is 426 g/mol. The van der Waals surface area contributed by atoms with Crippen LogP contribution in [0.5, 0.6) is 5.06 Å². The molecule has 156 valence electrons. The highest BCUT2D eigenvalue weighted by atomic mass is 32.1. The highest BCUT2D eigenvalue weighted by molar-refractivity contribution is 7.17. The summed E-state index contributed by atoms with van der Waals surface area (Å²) in [7, 11) is 0. The summed E-state index contributed by atoms with van der Waals surface area (Å²) in [6.45, 7) is 11.1. The number of carbonyl (C=O) groups excluding carboxylic acids is 1. The lowest BCUT2D eigenvalue weighted by molar-refractivity contribution is -0.142. The van der Waals surface area contributed by atoms with Gasteiger partial charge in [-0.2, -0.15) is 4.98 Å². The van der Waals surface area contributed by atoms with E-state index in [-0.39, 0.29) is 16.4 Å². The van der Waals surface area contributed by atoms with Gasteiger partial charge < -0.3 is 4.74 Å². The van der Waals surface area contributed by atoms with Crippen molar-refractivity contribution < 1.29 is 13.9 Å². The predicted octanol–water partition coefficient (Wildman–Crippen LogP) is 5.85. The zero-order valence-corrected chi connectivity index (χ0v) is 18.7. The lowest BCUT2D eigenvalue weighted by Gasteiger charge is -2.19. The van der Waals surface area contributed by atoms with Gasteiger partial charge in [-0.25, -0.2) is 4.39 Å². The first-order valence-electron chi connectivity index (χ1n) is 9.59. The molecule has 0 unspecified atom stereocenters. The van der Waals surface area contributed by atoms with Crippen molar-refractivity contribution >= 4 is 17.3 Å². The monoisotopic (exact) mass is 425 g/mol. The van der Waals surface area contributed by atoms with Gasteiger partial charge in [0.1, 0.15) is 16.4 Å². The summed E-state index contributed by atoms with van der Waals surface area (Å²) in [6, 6.07) is 9.66. The number of aryl methyl sites for hydroxylation is 3. The van der Waals surface area contributed by atoms with Gasteiger partial charge in [0.05, 0.1) is 5.41 Å². The predicted molar refractivity (Wildman–Crippen MR) is 119 cm³/mol. The fourth-order valence-corrected chi connectivity index (χ4v) is 4.17. The Hall–Kier alpha value is -2.86. The molecular weight excluding hydrogens is 401 g/mol. The van der Waals surface area contributed by atoms with Gasteiger partial charge in [0.25, 0.3) is 5.56 Å². The fraction of sp³-hybridized carbons (Fsp3) is 0.292. The smallest absolute Gasteiger partial charge is 0.317 e. The maximum atomic E-state index is 13.3. The van der Waals surface area contributed by atoms with Gasteiger partial charge >= 0.3 is 5.97 Å². The van der Waals surface area contributed by atoms with Crippen molar-refractivity contribution in [2.24, 2.45) is 5.41 Å². The Morgan fingerprint density at radius 2 is 1.57 bits per heavy atom. The molecule has 0 atom stereocenters. The minimum atomic E-state index is -0.746. The van der Waals surface area contributed by atoms with Crippen LogP contribution < -0.4 is 10.3 Å². The van der Waals surface area contributed by atoms with Crippen LogP contribution in [0.2, 0.25) is 0 Å². The Balaban J connectivity index is 2.27. The third-order valence-electron chi connectivity index (χ3n) is 4.63. The second kappa shape index (κ2) is 8.11. The van der Waals surface area contributed by atoms with Crippen LogP contribution in [0.1, 0.15) is 37.5 Å². The van der Waals surface area contributed by atoms with Crippen molar-refractivity contribution in [2.45, 2.75) is 41.5 Å². The van der Waals surface area contributed by atoms with Crippen molar-refractivity contribution in [2.75, 3.05) is 0 Å². The lowest BCUT2D eigenvalue weighted by Crippen LogP contribution is -2.26. The summed E-state index contributed by atoms with van der Waals surface area (Å²) in [4.78, 5) is 30.0. The molecule has 3 aromatic rings. The number of nitrogens with zero attached hydrogens (tertiary/aromatic N) is 1. The molecule has 30 heavy (non-hydrogen) atoms. The van der Waals surface area contributed by atoms with Crippen LogP contribution in [0, 0.1) is 32.0 Å². The Labute approximate surface area is 179 Å². The number of hydrogen-bond donors (Lipinski definition) is 0. The van der Waals surface area contributed by atoms with Crippen LogP contribution >= 0.6 is 11.3 Å². The Bertz CT molecular complexity index is 1150. The second-order valence-corrected chi connectivity index (χ2v) is 9.37. The lowest BCUT2D eigenvalue weighted by atomic mass is 9.95. The summed E-state index contributed by atoms with van der Waals surface area (Å²) in [5.74, 6) is -0.828. The van der Waals surface area contributed by atoms with E-state index in [4.69, 9.17) is 4.74 Å². The largest absolute Gasteiger partial charge is 0.414 e. The van der Waals surface area contributed by atoms with Crippen molar-refractivity contribution in [3.05, 3.63) is 69.3 Å². The average Bonchev–Trinajstić information content (AvgIpc) is 2.62. The molecule has 0 amide bonds. The number of benzene rings is 2. The summed E-state index contributed by atoms with van der Waals surface area (Å²) < 4.78 is 19.1.